The van der Waals surface area contributed by atoms with Gasteiger partial charge in [-0.2, -0.15) is 0 Å². The molecule has 6 nitrogen and oxygen atoms in total. The van der Waals surface area contributed by atoms with E-state index in [1.807, 2.05) is 30.3 Å². The van der Waals surface area contributed by atoms with Crippen LogP contribution in [0.25, 0.3) is 0 Å². The van der Waals surface area contributed by atoms with Gasteiger partial charge < -0.3 is 14.8 Å². The lowest BCUT2D eigenvalue weighted by Gasteiger charge is -2.28. The molecule has 0 spiro atoms. The summed E-state index contributed by atoms with van der Waals surface area (Å²) in [5.74, 6) is 1.56. The Balaban J connectivity index is 1.97. The Labute approximate surface area is 148 Å². The van der Waals surface area contributed by atoms with Crippen molar-refractivity contribution in [1.82, 2.24) is 5.32 Å². The number of hydrogen-bond donors (Lipinski definition) is 2. The summed E-state index contributed by atoms with van der Waals surface area (Å²) in [7, 11) is -0.0477. The molecule has 1 aliphatic rings. The van der Waals surface area contributed by atoms with Gasteiger partial charge in [-0.15, -0.1) is 0 Å². The Bertz CT molecular complexity index is 881. The first kappa shape index (κ1) is 17.6. The minimum absolute atomic E-state index is 0.163. The number of anilines is 1. The van der Waals surface area contributed by atoms with Crippen LogP contribution in [0.5, 0.6) is 11.5 Å². The molecule has 0 bridgehead atoms. The Morgan fingerprint density at radius 3 is 2.52 bits per heavy atom. The Morgan fingerprint density at radius 1 is 1.08 bits per heavy atom. The molecule has 2 aromatic carbocycles. The van der Waals surface area contributed by atoms with Crippen LogP contribution in [-0.4, -0.2) is 35.4 Å². The molecule has 0 aromatic heterocycles. The van der Waals surface area contributed by atoms with Crippen molar-refractivity contribution in [1.29, 1.82) is 0 Å². The maximum Gasteiger partial charge on any atom is 0.229 e. The average Bonchev–Trinajstić information content (AvgIpc) is 2.59. The fourth-order valence-electron chi connectivity index (χ4n) is 3.20. The van der Waals surface area contributed by atoms with E-state index in [1.54, 1.807) is 20.3 Å². The summed E-state index contributed by atoms with van der Waals surface area (Å²) in [5, 5.41) is 3.40. The zero-order chi connectivity index (χ0) is 18.0. The predicted molar refractivity (Wildman–Crippen MR) is 98.0 cm³/mol. The van der Waals surface area contributed by atoms with Gasteiger partial charge in [0.1, 0.15) is 0 Å². The van der Waals surface area contributed by atoms with Crippen molar-refractivity contribution in [2.45, 2.75) is 12.5 Å². The summed E-state index contributed by atoms with van der Waals surface area (Å²) >= 11 is 0. The van der Waals surface area contributed by atoms with Gasteiger partial charge in [-0.25, -0.2) is 8.42 Å². The average molecular weight is 362 g/mol. The number of benzene rings is 2. The van der Waals surface area contributed by atoms with Gasteiger partial charge in [-0.05, 0) is 41.0 Å². The Hall–Kier alpha value is -2.25. The third-order valence-electron chi connectivity index (χ3n) is 4.30. The molecule has 134 valence electrons. The second-order valence-corrected chi connectivity index (χ2v) is 7.83. The molecule has 0 fully saturated rings. The van der Waals surface area contributed by atoms with Gasteiger partial charge in [0.15, 0.2) is 11.5 Å². The zero-order valence-electron chi connectivity index (χ0n) is 14.5. The summed E-state index contributed by atoms with van der Waals surface area (Å²) in [6.45, 7) is 1.51. The minimum atomic E-state index is -3.29. The largest absolute Gasteiger partial charge is 0.493 e. The van der Waals surface area contributed by atoms with Gasteiger partial charge in [-0.1, -0.05) is 12.1 Å². The van der Waals surface area contributed by atoms with Crippen molar-refractivity contribution in [2.24, 2.45) is 0 Å². The predicted octanol–water partition coefficient (Wildman–Crippen LogP) is 2.31. The standard InChI is InChI=1S/C18H22N2O4S/c1-23-17-7-4-12(9-18(17)24-2)16-11-19-10-13-8-14(5-6-15(13)16)20-25(3,21)22/h4-9,16,19-20H,10-11H2,1-3H3. The molecule has 0 saturated carbocycles. The van der Waals surface area contributed by atoms with E-state index in [2.05, 4.69) is 10.0 Å². The number of hydrogen-bond acceptors (Lipinski definition) is 5. The van der Waals surface area contributed by atoms with Crippen molar-refractivity contribution < 1.29 is 17.9 Å². The van der Waals surface area contributed by atoms with Crippen LogP contribution >= 0.6 is 0 Å². The molecule has 1 unspecified atom stereocenters. The van der Waals surface area contributed by atoms with Gasteiger partial charge in [0.2, 0.25) is 10.0 Å². The quantitative estimate of drug-likeness (QED) is 0.854. The molecule has 0 aliphatic carbocycles. The lowest BCUT2D eigenvalue weighted by atomic mass is 9.85. The van der Waals surface area contributed by atoms with E-state index < -0.39 is 10.0 Å². The number of fused-ring (bicyclic) bond motifs is 1. The highest BCUT2D eigenvalue weighted by Crippen LogP contribution is 2.36. The molecular formula is C18H22N2O4S. The van der Waals surface area contributed by atoms with Crippen LogP contribution in [0, 0.1) is 0 Å². The summed E-state index contributed by atoms with van der Waals surface area (Å²) < 4.78 is 36.1. The summed E-state index contributed by atoms with van der Waals surface area (Å²) in [6.07, 6.45) is 1.15. The molecule has 2 N–H and O–H groups in total. The van der Waals surface area contributed by atoms with Gasteiger partial charge >= 0.3 is 0 Å². The zero-order valence-corrected chi connectivity index (χ0v) is 15.3. The van der Waals surface area contributed by atoms with Crippen molar-refractivity contribution >= 4 is 15.7 Å². The summed E-state index contributed by atoms with van der Waals surface area (Å²) in [6, 6.07) is 11.6. The molecule has 1 aliphatic heterocycles. The molecule has 1 atom stereocenters. The lowest BCUT2D eigenvalue weighted by molar-refractivity contribution is 0.354. The fourth-order valence-corrected chi connectivity index (χ4v) is 3.76. The van der Waals surface area contributed by atoms with E-state index in [4.69, 9.17) is 9.47 Å². The first-order valence-corrected chi connectivity index (χ1v) is 9.83. The maximum absolute atomic E-state index is 11.4. The summed E-state index contributed by atoms with van der Waals surface area (Å²) in [5.41, 5.74) is 3.97. The first-order valence-electron chi connectivity index (χ1n) is 7.94. The van der Waals surface area contributed by atoms with Crippen molar-refractivity contribution in [2.75, 3.05) is 31.7 Å². The Morgan fingerprint density at radius 2 is 1.84 bits per heavy atom. The van der Waals surface area contributed by atoms with Crippen LogP contribution in [-0.2, 0) is 16.6 Å². The van der Waals surface area contributed by atoms with Crippen LogP contribution in [0.3, 0.4) is 0 Å². The number of rotatable bonds is 5. The van der Waals surface area contributed by atoms with E-state index in [-0.39, 0.29) is 5.92 Å². The molecule has 0 radical (unpaired) electrons. The minimum Gasteiger partial charge on any atom is -0.493 e. The first-order chi connectivity index (χ1) is 11.9. The number of ether oxygens (including phenoxy) is 2. The summed E-state index contributed by atoms with van der Waals surface area (Å²) in [4.78, 5) is 0. The normalized spacial score (nSPS) is 16.8. The van der Waals surface area contributed by atoms with E-state index in [9.17, 15) is 8.42 Å². The number of nitrogens with one attached hydrogen (secondary N) is 2. The second-order valence-electron chi connectivity index (χ2n) is 6.09. The maximum atomic E-state index is 11.4. The molecule has 1 heterocycles. The van der Waals surface area contributed by atoms with Gasteiger partial charge in [-0.3, -0.25) is 4.72 Å². The Kier molecular flexibility index (Phi) is 4.87. The van der Waals surface area contributed by atoms with Crippen LogP contribution in [0.4, 0.5) is 5.69 Å². The number of sulfonamides is 1. The number of methoxy groups -OCH3 is 2. The molecular weight excluding hydrogens is 340 g/mol. The topological polar surface area (TPSA) is 76.7 Å². The van der Waals surface area contributed by atoms with Gasteiger partial charge in [0, 0.05) is 24.7 Å². The van der Waals surface area contributed by atoms with Crippen molar-refractivity contribution in [3.63, 3.8) is 0 Å². The monoisotopic (exact) mass is 362 g/mol. The van der Waals surface area contributed by atoms with Crippen molar-refractivity contribution in [3.8, 4) is 11.5 Å². The molecule has 3 rings (SSSR count). The molecule has 2 aromatic rings. The molecule has 7 heteroatoms. The highest BCUT2D eigenvalue weighted by molar-refractivity contribution is 7.92. The van der Waals surface area contributed by atoms with Gasteiger partial charge in [0.25, 0.3) is 0 Å². The van der Waals surface area contributed by atoms with Crippen LogP contribution in [0.2, 0.25) is 0 Å². The fraction of sp³-hybridized carbons (Fsp3) is 0.333. The third kappa shape index (κ3) is 3.88. The molecule has 0 amide bonds. The highest BCUT2D eigenvalue weighted by atomic mass is 32.2. The van der Waals surface area contributed by atoms with E-state index in [1.165, 1.54) is 5.56 Å². The smallest absolute Gasteiger partial charge is 0.229 e. The van der Waals surface area contributed by atoms with Crippen molar-refractivity contribution in [3.05, 3.63) is 53.1 Å². The van der Waals surface area contributed by atoms with Gasteiger partial charge in [0.05, 0.1) is 20.5 Å². The van der Waals surface area contributed by atoms with Crippen LogP contribution < -0.4 is 19.5 Å². The van der Waals surface area contributed by atoms with E-state index in [0.29, 0.717) is 23.7 Å². The van der Waals surface area contributed by atoms with Crippen LogP contribution in [0.1, 0.15) is 22.6 Å². The molecule has 0 saturated heterocycles. The van der Waals surface area contributed by atoms with Crippen LogP contribution in [0.15, 0.2) is 36.4 Å². The third-order valence-corrected chi connectivity index (χ3v) is 4.90. The SMILES string of the molecule is COc1ccc(C2CNCc3cc(NS(C)(=O)=O)ccc32)cc1OC. The van der Waals surface area contributed by atoms with E-state index >= 15 is 0 Å². The molecule has 25 heavy (non-hydrogen) atoms. The lowest BCUT2D eigenvalue weighted by Crippen LogP contribution is -2.29. The highest BCUT2D eigenvalue weighted by Gasteiger charge is 2.23. The van der Waals surface area contributed by atoms with E-state index in [0.717, 1.165) is 23.9 Å². The second kappa shape index (κ2) is 6.93.